The lowest BCUT2D eigenvalue weighted by Gasteiger charge is -1.80. The van der Waals surface area contributed by atoms with Gasteiger partial charge in [0.05, 0.1) is 5.55 Å². The molecule has 0 atom stereocenters. The van der Waals surface area contributed by atoms with Crippen molar-refractivity contribution < 1.29 is 0 Å². The molecule has 0 aromatic heterocycles. The number of rotatable bonds is 2. The lowest BCUT2D eigenvalue weighted by Crippen LogP contribution is -1.62. The maximum absolute atomic E-state index is 3.89. The van der Waals surface area contributed by atoms with Gasteiger partial charge in [0.25, 0.3) is 0 Å². The average molecular weight is 115 g/mol. The Kier molecular flexibility index (Phi) is 3.80. The van der Waals surface area contributed by atoms with E-state index in [0.717, 1.165) is 5.70 Å². The van der Waals surface area contributed by atoms with Crippen molar-refractivity contribution in [3.8, 4) is 0 Å². The number of hydrogen-bond acceptors (Lipinski definition) is 2. The van der Waals surface area contributed by atoms with Crippen molar-refractivity contribution in [1.82, 2.24) is 0 Å². The third-order valence-electron chi connectivity index (χ3n) is 0.379. The minimum atomic E-state index is 0.856. The molecule has 0 aliphatic carbocycles. The molecule has 0 spiro atoms. The molecule has 0 fully saturated rings. The van der Waals surface area contributed by atoms with Crippen LogP contribution in [-0.4, -0.2) is 11.8 Å². The molecule has 7 heavy (non-hydrogen) atoms. The monoisotopic (exact) mass is 115 g/mol. The highest BCUT2D eigenvalue weighted by molar-refractivity contribution is 8.11. The molecule has 0 rings (SSSR count). The zero-order valence-electron chi connectivity index (χ0n) is 4.64. The summed E-state index contributed by atoms with van der Waals surface area (Å²) in [5.74, 6) is 0. The summed E-state index contributed by atoms with van der Waals surface area (Å²) in [6.07, 6.45) is 1.96. The highest BCUT2D eigenvalue weighted by atomic mass is 32.2. The summed E-state index contributed by atoms with van der Waals surface area (Å²) >= 11 is 1.58. The molecule has 0 aliphatic rings. The summed E-state index contributed by atoms with van der Waals surface area (Å²) in [6, 6.07) is 0. The highest BCUT2D eigenvalue weighted by Gasteiger charge is 1.68. The van der Waals surface area contributed by atoms with Gasteiger partial charge in [-0.05, 0) is 13.2 Å². The van der Waals surface area contributed by atoms with Crippen molar-refractivity contribution in [2.75, 3.05) is 6.26 Å². The summed E-state index contributed by atoms with van der Waals surface area (Å²) in [5.41, 5.74) is 2.62. The third-order valence-corrected chi connectivity index (χ3v) is 0.695. The largest absolute Gasteiger partial charge is 0.255 e. The van der Waals surface area contributed by atoms with Gasteiger partial charge in [0.2, 0.25) is 0 Å². The van der Waals surface area contributed by atoms with E-state index in [1.54, 1.807) is 17.3 Å². The Labute approximate surface area is 48.5 Å². The Morgan fingerprint density at radius 1 is 1.86 bits per heavy atom. The first kappa shape index (κ1) is 6.76. The number of allylic oxidation sites excluding steroid dienone is 1. The van der Waals surface area contributed by atoms with E-state index in [2.05, 4.69) is 11.6 Å². The Morgan fingerprint density at radius 3 is 2.57 bits per heavy atom. The minimum Gasteiger partial charge on any atom is -0.255 e. The number of thioether (sulfide) groups is 1. The van der Waals surface area contributed by atoms with E-state index in [1.165, 1.54) is 0 Å². The van der Waals surface area contributed by atoms with Crippen LogP contribution in [0.3, 0.4) is 0 Å². The molecule has 0 N–H and O–H groups in total. The molecular weight excluding hydrogens is 106 g/mol. The van der Waals surface area contributed by atoms with Crippen molar-refractivity contribution in [1.29, 1.82) is 0 Å². The van der Waals surface area contributed by atoms with Gasteiger partial charge in [-0.1, -0.05) is 6.58 Å². The number of nitrogens with zero attached hydrogens (tertiary/aromatic N) is 1. The second-order valence-electron chi connectivity index (χ2n) is 1.21. The quantitative estimate of drug-likeness (QED) is 0.395. The van der Waals surface area contributed by atoms with Crippen LogP contribution in [0.25, 0.3) is 0 Å². The fourth-order valence-corrected chi connectivity index (χ4v) is 0.428. The highest BCUT2D eigenvalue weighted by Crippen LogP contribution is 1.90. The molecule has 0 bridgehead atoms. The van der Waals surface area contributed by atoms with Crippen LogP contribution in [-0.2, 0) is 0 Å². The minimum absolute atomic E-state index is 0.856. The first-order valence-electron chi connectivity index (χ1n) is 1.98. The van der Waals surface area contributed by atoms with Crippen LogP contribution in [0.5, 0.6) is 0 Å². The van der Waals surface area contributed by atoms with Crippen molar-refractivity contribution in [3.05, 3.63) is 12.3 Å². The Morgan fingerprint density at radius 2 is 2.43 bits per heavy atom. The van der Waals surface area contributed by atoms with E-state index in [9.17, 15) is 0 Å². The summed E-state index contributed by atoms with van der Waals surface area (Å²) in [5, 5.41) is 0. The molecule has 0 radical (unpaired) electrons. The van der Waals surface area contributed by atoms with Crippen molar-refractivity contribution in [2.45, 2.75) is 6.92 Å². The molecule has 0 heterocycles. The average Bonchev–Trinajstić information content (AvgIpc) is 1.61. The van der Waals surface area contributed by atoms with Crippen LogP contribution >= 0.6 is 11.8 Å². The van der Waals surface area contributed by atoms with Gasteiger partial charge < -0.3 is 0 Å². The van der Waals surface area contributed by atoms with Crippen LogP contribution in [0.4, 0.5) is 0 Å². The molecule has 2 heteroatoms. The molecule has 0 saturated heterocycles. The molecular formula is C5H9NS. The van der Waals surface area contributed by atoms with Gasteiger partial charge in [0.15, 0.2) is 0 Å². The Bertz CT molecular complexity index is 86.1. The lowest BCUT2D eigenvalue weighted by molar-refractivity contribution is 1.35. The normalized spacial score (nSPS) is 10.0. The van der Waals surface area contributed by atoms with Crippen LogP contribution < -0.4 is 0 Å². The summed E-state index contributed by atoms with van der Waals surface area (Å²) < 4.78 is 0. The molecule has 0 aromatic carbocycles. The standard InChI is InChI=1S/C5H9NS/c1-5(2)6-4-7-3/h4H,1H2,2-3H3. The van der Waals surface area contributed by atoms with Crippen LogP contribution in [0.1, 0.15) is 6.92 Å². The first-order chi connectivity index (χ1) is 3.27. The predicted molar refractivity (Wildman–Crippen MR) is 36.8 cm³/mol. The maximum atomic E-state index is 3.89. The topological polar surface area (TPSA) is 12.4 Å². The molecule has 40 valence electrons. The smallest absolute Gasteiger partial charge is 0.0596 e. The van der Waals surface area contributed by atoms with E-state index in [0.29, 0.717) is 0 Å². The van der Waals surface area contributed by atoms with Crippen molar-refractivity contribution in [2.24, 2.45) is 4.99 Å². The predicted octanol–water partition coefficient (Wildman–Crippen LogP) is 1.91. The zero-order valence-corrected chi connectivity index (χ0v) is 5.46. The van der Waals surface area contributed by atoms with Crippen LogP contribution in [0.15, 0.2) is 17.3 Å². The third kappa shape index (κ3) is 5.76. The first-order valence-corrected chi connectivity index (χ1v) is 3.27. The molecule has 0 amide bonds. The summed E-state index contributed by atoms with van der Waals surface area (Å²) in [6.45, 7) is 5.45. The van der Waals surface area contributed by atoms with Crippen LogP contribution in [0, 0.1) is 0 Å². The van der Waals surface area contributed by atoms with E-state index in [-0.39, 0.29) is 0 Å². The molecule has 0 aromatic rings. The van der Waals surface area contributed by atoms with Gasteiger partial charge in [-0.3, -0.25) is 4.99 Å². The van der Waals surface area contributed by atoms with Gasteiger partial charge in [-0.2, -0.15) is 0 Å². The van der Waals surface area contributed by atoms with Crippen molar-refractivity contribution in [3.63, 3.8) is 0 Å². The fraction of sp³-hybridized carbons (Fsp3) is 0.400. The van der Waals surface area contributed by atoms with Gasteiger partial charge in [-0.25, -0.2) is 0 Å². The second-order valence-corrected chi connectivity index (χ2v) is 1.89. The van der Waals surface area contributed by atoms with Crippen LogP contribution in [0.2, 0.25) is 0 Å². The maximum Gasteiger partial charge on any atom is 0.0596 e. The lowest BCUT2D eigenvalue weighted by atomic mass is 10.6. The molecule has 0 aliphatic heterocycles. The zero-order chi connectivity index (χ0) is 5.70. The number of aliphatic imine (C=N–C) groups is 1. The van der Waals surface area contributed by atoms with E-state index in [4.69, 9.17) is 0 Å². The summed E-state index contributed by atoms with van der Waals surface area (Å²) in [7, 11) is 0. The Balaban J connectivity index is 3.26. The molecule has 1 nitrogen and oxygen atoms in total. The van der Waals surface area contributed by atoms with E-state index in [1.807, 2.05) is 13.2 Å². The SMILES string of the molecule is C=C(C)N=CSC. The van der Waals surface area contributed by atoms with Gasteiger partial charge in [-0.15, -0.1) is 11.8 Å². The van der Waals surface area contributed by atoms with Gasteiger partial charge in [0, 0.05) is 5.70 Å². The second kappa shape index (κ2) is 3.93. The number of hydrogen-bond donors (Lipinski definition) is 0. The molecule has 0 unspecified atom stereocenters. The molecule has 0 saturated carbocycles. The van der Waals surface area contributed by atoms with Gasteiger partial charge >= 0.3 is 0 Å². The summed E-state index contributed by atoms with van der Waals surface area (Å²) in [4.78, 5) is 3.89. The Hall–Kier alpha value is -0.240. The van der Waals surface area contributed by atoms with Gasteiger partial charge in [0.1, 0.15) is 0 Å². The fourth-order valence-electron chi connectivity index (χ4n) is 0.143. The van der Waals surface area contributed by atoms with E-state index >= 15 is 0 Å². The van der Waals surface area contributed by atoms with E-state index < -0.39 is 0 Å². The van der Waals surface area contributed by atoms with Crippen molar-refractivity contribution >= 4 is 17.3 Å².